The summed E-state index contributed by atoms with van der Waals surface area (Å²) in [5, 5.41) is 3.55. The van der Waals surface area contributed by atoms with Crippen LogP contribution >= 0.6 is 0 Å². The number of rotatable bonds is 7. The molecule has 1 aliphatic heterocycles. The number of hydrogen-bond acceptors (Lipinski definition) is 2. The van der Waals surface area contributed by atoms with Crippen LogP contribution in [0.15, 0.2) is 18.2 Å². The van der Waals surface area contributed by atoms with Crippen LogP contribution in [-0.4, -0.2) is 30.6 Å². The monoisotopic (exact) mass is 278 g/mol. The lowest BCUT2D eigenvalue weighted by molar-refractivity contribution is 0.237. The third-order valence-electron chi connectivity index (χ3n) is 4.11. The van der Waals surface area contributed by atoms with Gasteiger partial charge in [-0.05, 0) is 56.5 Å². The first-order valence-corrected chi connectivity index (χ1v) is 7.90. The predicted octanol–water partition coefficient (Wildman–Crippen LogP) is 3.49. The lowest BCUT2D eigenvalue weighted by Crippen LogP contribution is -2.37. The highest BCUT2D eigenvalue weighted by atomic mass is 19.1. The fourth-order valence-corrected chi connectivity index (χ4v) is 2.83. The van der Waals surface area contributed by atoms with E-state index in [1.54, 1.807) is 6.07 Å². The van der Waals surface area contributed by atoms with Gasteiger partial charge in [0.2, 0.25) is 0 Å². The molecule has 1 heterocycles. The van der Waals surface area contributed by atoms with E-state index in [4.69, 9.17) is 0 Å². The number of hydrogen-bond donors (Lipinski definition) is 1. The number of nitrogens with one attached hydrogen (secondary N) is 1. The Morgan fingerprint density at radius 2 is 2.25 bits per heavy atom. The second-order valence-corrected chi connectivity index (χ2v) is 5.97. The number of benzene rings is 1. The van der Waals surface area contributed by atoms with Gasteiger partial charge in [-0.15, -0.1) is 0 Å². The van der Waals surface area contributed by atoms with Gasteiger partial charge in [0.15, 0.2) is 0 Å². The molecule has 1 aromatic carbocycles. The molecule has 1 saturated heterocycles. The zero-order chi connectivity index (χ0) is 14.4. The highest BCUT2D eigenvalue weighted by Crippen LogP contribution is 2.14. The van der Waals surface area contributed by atoms with Crippen molar-refractivity contribution in [3.63, 3.8) is 0 Å². The van der Waals surface area contributed by atoms with E-state index in [-0.39, 0.29) is 5.82 Å². The second kappa shape index (κ2) is 7.75. The Hall–Kier alpha value is -0.930. The van der Waals surface area contributed by atoms with Crippen molar-refractivity contribution in [2.45, 2.75) is 52.1 Å². The zero-order valence-corrected chi connectivity index (χ0v) is 12.8. The summed E-state index contributed by atoms with van der Waals surface area (Å²) in [7, 11) is 0. The molecule has 3 heteroatoms. The maximum Gasteiger partial charge on any atom is 0.126 e. The fourth-order valence-electron chi connectivity index (χ4n) is 2.83. The average molecular weight is 278 g/mol. The molecule has 0 radical (unpaired) electrons. The Kier molecular flexibility index (Phi) is 5.99. The maximum atomic E-state index is 13.7. The summed E-state index contributed by atoms with van der Waals surface area (Å²) in [5.74, 6) is -0.0862. The normalized spacial score (nSPS) is 18.9. The lowest BCUT2D eigenvalue weighted by atomic mass is 10.1. The van der Waals surface area contributed by atoms with E-state index in [0.717, 1.165) is 37.3 Å². The quantitative estimate of drug-likeness (QED) is 0.821. The summed E-state index contributed by atoms with van der Waals surface area (Å²) >= 11 is 0. The van der Waals surface area contributed by atoms with Gasteiger partial charge in [0, 0.05) is 19.1 Å². The summed E-state index contributed by atoms with van der Waals surface area (Å²) < 4.78 is 13.7. The van der Waals surface area contributed by atoms with Crippen molar-refractivity contribution in [2.24, 2.45) is 0 Å². The third kappa shape index (κ3) is 4.57. The topological polar surface area (TPSA) is 15.3 Å². The van der Waals surface area contributed by atoms with Crippen LogP contribution in [0, 0.1) is 12.7 Å². The number of halogens is 1. The van der Waals surface area contributed by atoms with Crippen molar-refractivity contribution in [3.8, 4) is 0 Å². The minimum atomic E-state index is -0.0862. The molecule has 20 heavy (non-hydrogen) atoms. The van der Waals surface area contributed by atoms with E-state index in [1.807, 2.05) is 13.0 Å². The lowest BCUT2D eigenvalue weighted by Gasteiger charge is -2.25. The van der Waals surface area contributed by atoms with Crippen LogP contribution < -0.4 is 5.32 Å². The van der Waals surface area contributed by atoms with E-state index in [0.29, 0.717) is 6.04 Å². The van der Waals surface area contributed by atoms with Crippen molar-refractivity contribution in [1.82, 2.24) is 10.2 Å². The van der Waals surface area contributed by atoms with Crippen LogP contribution in [0.1, 0.15) is 43.7 Å². The Balaban J connectivity index is 1.95. The Morgan fingerprint density at radius 3 is 2.90 bits per heavy atom. The van der Waals surface area contributed by atoms with Crippen molar-refractivity contribution < 1.29 is 4.39 Å². The van der Waals surface area contributed by atoms with Crippen LogP contribution in [0.2, 0.25) is 0 Å². The molecule has 1 atom stereocenters. The number of unbranched alkanes of at least 4 members (excludes halogenated alkanes) is 1. The molecule has 1 unspecified atom stereocenters. The van der Waals surface area contributed by atoms with Crippen LogP contribution in [0.25, 0.3) is 0 Å². The van der Waals surface area contributed by atoms with E-state index in [9.17, 15) is 4.39 Å². The molecule has 0 saturated carbocycles. The molecule has 0 spiro atoms. The van der Waals surface area contributed by atoms with Gasteiger partial charge in [-0.2, -0.15) is 0 Å². The first-order chi connectivity index (χ1) is 9.69. The van der Waals surface area contributed by atoms with Gasteiger partial charge in [-0.3, -0.25) is 4.90 Å². The Bertz CT molecular complexity index is 413. The molecule has 2 rings (SSSR count). The minimum Gasteiger partial charge on any atom is -0.313 e. The average Bonchev–Trinajstić information content (AvgIpc) is 2.93. The highest BCUT2D eigenvalue weighted by molar-refractivity contribution is 5.23. The van der Waals surface area contributed by atoms with E-state index in [1.165, 1.54) is 25.7 Å². The molecule has 2 nitrogen and oxygen atoms in total. The van der Waals surface area contributed by atoms with Crippen LogP contribution in [0.5, 0.6) is 0 Å². The first kappa shape index (κ1) is 15.5. The van der Waals surface area contributed by atoms with Gasteiger partial charge in [0.05, 0.1) is 0 Å². The summed E-state index contributed by atoms with van der Waals surface area (Å²) in [4.78, 5) is 2.47. The van der Waals surface area contributed by atoms with Crippen molar-refractivity contribution in [2.75, 3.05) is 19.6 Å². The van der Waals surface area contributed by atoms with Gasteiger partial charge in [-0.1, -0.05) is 25.5 Å². The molecular weight excluding hydrogens is 251 g/mol. The summed E-state index contributed by atoms with van der Waals surface area (Å²) in [6.07, 6.45) is 4.97. The molecular formula is C17H27FN2. The smallest absolute Gasteiger partial charge is 0.126 e. The SMILES string of the molecule is CCCCN(Cc1ccc(C)c(F)c1)CC1CCCN1. The maximum absolute atomic E-state index is 13.7. The predicted molar refractivity (Wildman–Crippen MR) is 82.3 cm³/mol. The molecule has 1 aromatic rings. The van der Waals surface area contributed by atoms with Gasteiger partial charge >= 0.3 is 0 Å². The first-order valence-electron chi connectivity index (χ1n) is 7.90. The van der Waals surface area contributed by atoms with Gasteiger partial charge in [0.1, 0.15) is 5.82 Å². The van der Waals surface area contributed by atoms with Crippen molar-refractivity contribution in [1.29, 1.82) is 0 Å². The van der Waals surface area contributed by atoms with Crippen LogP contribution in [0.4, 0.5) is 4.39 Å². The fraction of sp³-hybridized carbons (Fsp3) is 0.647. The van der Waals surface area contributed by atoms with Gasteiger partial charge < -0.3 is 5.32 Å². The molecule has 0 aromatic heterocycles. The number of nitrogens with zero attached hydrogens (tertiary/aromatic N) is 1. The molecule has 0 aliphatic carbocycles. The van der Waals surface area contributed by atoms with Gasteiger partial charge in [-0.25, -0.2) is 4.39 Å². The standard InChI is InChI=1S/C17H27FN2/c1-3-4-10-20(13-16-6-5-9-19-16)12-15-8-7-14(2)17(18)11-15/h7-8,11,16,19H,3-6,9-10,12-13H2,1-2H3. The summed E-state index contributed by atoms with van der Waals surface area (Å²) in [6, 6.07) is 6.24. The molecule has 112 valence electrons. The van der Waals surface area contributed by atoms with Crippen LogP contribution in [0.3, 0.4) is 0 Å². The van der Waals surface area contributed by atoms with E-state index < -0.39 is 0 Å². The molecule has 1 N–H and O–H groups in total. The number of aryl methyl sites for hydroxylation is 1. The van der Waals surface area contributed by atoms with E-state index >= 15 is 0 Å². The van der Waals surface area contributed by atoms with Crippen LogP contribution in [-0.2, 0) is 6.54 Å². The third-order valence-corrected chi connectivity index (χ3v) is 4.11. The molecule has 0 bridgehead atoms. The van der Waals surface area contributed by atoms with Crippen molar-refractivity contribution in [3.05, 3.63) is 35.1 Å². The highest BCUT2D eigenvalue weighted by Gasteiger charge is 2.18. The Labute approximate surface area is 122 Å². The molecule has 1 aliphatic rings. The van der Waals surface area contributed by atoms with Crippen molar-refractivity contribution >= 4 is 0 Å². The zero-order valence-electron chi connectivity index (χ0n) is 12.8. The van der Waals surface area contributed by atoms with Gasteiger partial charge in [0.25, 0.3) is 0 Å². The largest absolute Gasteiger partial charge is 0.313 e. The van der Waals surface area contributed by atoms with E-state index in [2.05, 4.69) is 23.2 Å². The Morgan fingerprint density at radius 1 is 1.40 bits per heavy atom. The molecule has 1 fully saturated rings. The minimum absolute atomic E-state index is 0.0862. The second-order valence-electron chi connectivity index (χ2n) is 5.97. The summed E-state index contributed by atoms with van der Waals surface area (Å²) in [6.45, 7) is 8.22. The summed E-state index contributed by atoms with van der Waals surface area (Å²) in [5.41, 5.74) is 1.81. The molecule has 0 amide bonds.